The number of hydrogen-bond acceptors (Lipinski definition) is 5. The highest BCUT2D eigenvalue weighted by atomic mass is 32.1. The number of rotatable bonds is 6. The Labute approximate surface area is 138 Å². The van der Waals surface area contributed by atoms with Gasteiger partial charge in [0.25, 0.3) is 5.91 Å². The van der Waals surface area contributed by atoms with E-state index < -0.39 is 12.1 Å². The first-order chi connectivity index (χ1) is 10.9. The van der Waals surface area contributed by atoms with Gasteiger partial charge in [-0.1, -0.05) is 6.07 Å². The van der Waals surface area contributed by atoms with Crippen LogP contribution >= 0.6 is 11.3 Å². The molecule has 1 amide bonds. The van der Waals surface area contributed by atoms with Crippen molar-refractivity contribution < 1.29 is 19.4 Å². The summed E-state index contributed by atoms with van der Waals surface area (Å²) in [6, 6.07) is 3.82. The van der Waals surface area contributed by atoms with Gasteiger partial charge in [0.2, 0.25) is 0 Å². The molecule has 0 aliphatic rings. The van der Waals surface area contributed by atoms with E-state index in [0.717, 1.165) is 4.88 Å². The van der Waals surface area contributed by atoms with E-state index in [1.54, 1.807) is 32.1 Å². The maximum absolute atomic E-state index is 12.1. The van der Waals surface area contributed by atoms with E-state index in [4.69, 9.17) is 4.74 Å². The standard InChI is InChI=1S/C16H20N2O4S/c1-9-14(11(3)19)10(2)18-15(9)16(21)22-8-13(20)17-7-12-5-4-6-23-12/h4-6,11,18-19H,7-8H2,1-3H3,(H,17,20)/t11-/m0/s1. The lowest BCUT2D eigenvalue weighted by molar-refractivity contribution is -0.124. The SMILES string of the molecule is Cc1[nH]c(C(=O)OCC(=O)NCc2cccs2)c(C)c1[C@H](C)O. The zero-order valence-electron chi connectivity index (χ0n) is 13.3. The lowest BCUT2D eigenvalue weighted by Gasteiger charge is -2.07. The van der Waals surface area contributed by atoms with Crippen LogP contribution < -0.4 is 5.32 Å². The number of thiophene rings is 1. The summed E-state index contributed by atoms with van der Waals surface area (Å²) in [7, 11) is 0. The van der Waals surface area contributed by atoms with Crippen LogP contribution in [-0.2, 0) is 16.1 Å². The topological polar surface area (TPSA) is 91.4 Å². The molecule has 0 aromatic carbocycles. The van der Waals surface area contributed by atoms with Crippen molar-refractivity contribution in [2.24, 2.45) is 0 Å². The Morgan fingerprint density at radius 1 is 1.43 bits per heavy atom. The maximum Gasteiger partial charge on any atom is 0.355 e. The number of aromatic amines is 1. The molecule has 1 atom stereocenters. The molecule has 0 aliphatic carbocycles. The van der Waals surface area contributed by atoms with E-state index in [0.29, 0.717) is 23.4 Å². The molecule has 3 N–H and O–H groups in total. The molecule has 2 heterocycles. The predicted molar refractivity (Wildman–Crippen MR) is 87.3 cm³/mol. The smallest absolute Gasteiger partial charge is 0.355 e. The van der Waals surface area contributed by atoms with Crippen LogP contribution in [0.25, 0.3) is 0 Å². The average molecular weight is 336 g/mol. The first-order valence-electron chi connectivity index (χ1n) is 7.23. The number of amides is 1. The fourth-order valence-electron chi connectivity index (χ4n) is 2.45. The Hall–Kier alpha value is -2.12. The van der Waals surface area contributed by atoms with Crippen LogP contribution in [0.2, 0.25) is 0 Å². The van der Waals surface area contributed by atoms with Crippen molar-refractivity contribution in [2.75, 3.05) is 6.61 Å². The Bertz CT molecular complexity index is 689. The van der Waals surface area contributed by atoms with Crippen LogP contribution in [0.4, 0.5) is 0 Å². The minimum atomic E-state index is -0.679. The number of ether oxygens (including phenoxy) is 1. The van der Waals surface area contributed by atoms with Gasteiger partial charge in [-0.3, -0.25) is 4.79 Å². The third-order valence-electron chi connectivity index (χ3n) is 3.49. The van der Waals surface area contributed by atoms with Crippen molar-refractivity contribution in [1.82, 2.24) is 10.3 Å². The van der Waals surface area contributed by atoms with E-state index in [2.05, 4.69) is 10.3 Å². The number of aliphatic hydroxyl groups is 1. The molecule has 23 heavy (non-hydrogen) atoms. The minimum Gasteiger partial charge on any atom is -0.451 e. The molecule has 6 nitrogen and oxygen atoms in total. The van der Waals surface area contributed by atoms with Crippen molar-refractivity contribution in [2.45, 2.75) is 33.4 Å². The summed E-state index contributed by atoms with van der Waals surface area (Å²) in [4.78, 5) is 27.7. The highest BCUT2D eigenvalue weighted by Gasteiger charge is 2.21. The van der Waals surface area contributed by atoms with Crippen LogP contribution in [0.5, 0.6) is 0 Å². The van der Waals surface area contributed by atoms with Gasteiger partial charge in [-0.2, -0.15) is 0 Å². The Balaban J connectivity index is 1.89. The van der Waals surface area contributed by atoms with Crippen LogP contribution in [-0.4, -0.2) is 28.6 Å². The van der Waals surface area contributed by atoms with Crippen LogP contribution in [0.15, 0.2) is 17.5 Å². The van der Waals surface area contributed by atoms with E-state index in [1.807, 2.05) is 17.5 Å². The number of aliphatic hydroxyl groups excluding tert-OH is 1. The molecule has 0 aliphatic heterocycles. The summed E-state index contributed by atoms with van der Waals surface area (Å²) in [6.07, 6.45) is -0.679. The van der Waals surface area contributed by atoms with Gasteiger partial charge < -0.3 is 20.1 Å². The fourth-order valence-corrected chi connectivity index (χ4v) is 3.09. The monoisotopic (exact) mass is 336 g/mol. The summed E-state index contributed by atoms with van der Waals surface area (Å²) in [6.45, 7) is 5.22. The summed E-state index contributed by atoms with van der Waals surface area (Å²) in [5, 5.41) is 14.3. The van der Waals surface area contributed by atoms with Gasteiger partial charge in [-0.15, -0.1) is 11.3 Å². The largest absolute Gasteiger partial charge is 0.451 e. The van der Waals surface area contributed by atoms with Crippen molar-refractivity contribution in [3.05, 3.63) is 44.9 Å². The fraction of sp³-hybridized carbons (Fsp3) is 0.375. The number of esters is 1. The molecule has 124 valence electrons. The number of nitrogens with one attached hydrogen (secondary N) is 2. The average Bonchev–Trinajstić information content (AvgIpc) is 3.10. The number of hydrogen-bond donors (Lipinski definition) is 3. The minimum absolute atomic E-state index is 0.268. The van der Waals surface area contributed by atoms with Crippen LogP contribution in [0, 0.1) is 13.8 Å². The third-order valence-corrected chi connectivity index (χ3v) is 4.37. The van der Waals surface area contributed by atoms with Gasteiger partial charge in [-0.25, -0.2) is 4.79 Å². The van der Waals surface area contributed by atoms with Gasteiger partial charge in [0.1, 0.15) is 5.69 Å². The van der Waals surface area contributed by atoms with Gasteiger partial charge in [0.15, 0.2) is 6.61 Å². The van der Waals surface area contributed by atoms with Crippen molar-refractivity contribution >= 4 is 23.2 Å². The molecule has 2 aromatic heterocycles. The number of carbonyl (C=O) groups excluding carboxylic acids is 2. The number of H-pyrrole nitrogens is 1. The summed E-state index contributed by atoms with van der Waals surface area (Å²) >= 11 is 1.54. The Morgan fingerprint density at radius 3 is 2.74 bits per heavy atom. The first-order valence-corrected chi connectivity index (χ1v) is 8.11. The van der Waals surface area contributed by atoms with Gasteiger partial charge in [-0.05, 0) is 37.8 Å². The molecule has 2 aromatic rings. The molecule has 0 spiro atoms. The lowest BCUT2D eigenvalue weighted by atomic mass is 10.1. The van der Waals surface area contributed by atoms with Gasteiger partial charge >= 0.3 is 5.97 Å². The number of carbonyl (C=O) groups is 2. The molecule has 0 bridgehead atoms. The van der Waals surface area contributed by atoms with Crippen LogP contribution in [0.3, 0.4) is 0 Å². The second kappa shape index (κ2) is 7.43. The van der Waals surface area contributed by atoms with Crippen molar-refractivity contribution in [3.8, 4) is 0 Å². The number of aromatic nitrogens is 1. The molecule has 7 heteroatoms. The van der Waals surface area contributed by atoms with Gasteiger partial charge in [0, 0.05) is 16.1 Å². The second-order valence-corrected chi connectivity index (χ2v) is 6.30. The molecular formula is C16H20N2O4S. The second-order valence-electron chi connectivity index (χ2n) is 5.27. The normalized spacial score (nSPS) is 12.0. The van der Waals surface area contributed by atoms with E-state index in [1.165, 1.54) is 0 Å². The predicted octanol–water partition coefficient (Wildman–Crippen LogP) is 2.22. The van der Waals surface area contributed by atoms with E-state index in [9.17, 15) is 14.7 Å². The lowest BCUT2D eigenvalue weighted by Crippen LogP contribution is -2.28. The van der Waals surface area contributed by atoms with Gasteiger partial charge in [0.05, 0.1) is 12.6 Å². The highest BCUT2D eigenvalue weighted by molar-refractivity contribution is 7.09. The van der Waals surface area contributed by atoms with E-state index in [-0.39, 0.29) is 18.2 Å². The quantitative estimate of drug-likeness (QED) is 0.705. The van der Waals surface area contributed by atoms with Crippen LogP contribution in [0.1, 0.15) is 45.2 Å². The van der Waals surface area contributed by atoms with Crippen molar-refractivity contribution in [3.63, 3.8) is 0 Å². The first kappa shape index (κ1) is 17.2. The summed E-state index contributed by atoms with van der Waals surface area (Å²) < 4.78 is 5.03. The molecule has 0 saturated carbocycles. The molecule has 0 fully saturated rings. The third kappa shape index (κ3) is 4.20. The zero-order valence-corrected chi connectivity index (χ0v) is 14.1. The molecule has 0 unspecified atom stereocenters. The summed E-state index contributed by atoms with van der Waals surface area (Å²) in [5.41, 5.74) is 2.30. The molecule has 0 radical (unpaired) electrons. The summed E-state index contributed by atoms with van der Waals surface area (Å²) in [5.74, 6) is -0.966. The number of aryl methyl sites for hydroxylation is 1. The molecule has 0 saturated heterocycles. The maximum atomic E-state index is 12.1. The Morgan fingerprint density at radius 2 is 2.17 bits per heavy atom. The Kier molecular flexibility index (Phi) is 5.57. The highest BCUT2D eigenvalue weighted by Crippen LogP contribution is 2.24. The molecule has 2 rings (SSSR count). The van der Waals surface area contributed by atoms with E-state index >= 15 is 0 Å². The van der Waals surface area contributed by atoms with Crippen molar-refractivity contribution in [1.29, 1.82) is 0 Å². The molecular weight excluding hydrogens is 316 g/mol. The zero-order chi connectivity index (χ0) is 17.0.